The van der Waals surface area contributed by atoms with E-state index in [0.29, 0.717) is 18.1 Å². The fourth-order valence-corrected chi connectivity index (χ4v) is 3.88. The summed E-state index contributed by atoms with van der Waals surface area (Å²) in [4.78, 5) is 15.4. The smallest absolute Gasteiger partial charge is 0.156 e. The lowest BCUT2D eigenvalue weighted by Gasteiger charge is -2.37. The Labute approximate surface area is 151 Å². The van der Waals surface area contributed by atoms with E-state index in [0.717, 1.165) is 63.4 Å². The maximum atomic E-state index is 12.9. The molecule has 5 nitrogen and oxygen atoms in total. The molecule has 0 spiro atoms. The van der Waals surface area contributed by atoms with Gasteiger partial charge in [0, 0.05) is 31.2 Å². The minimum atomic E-state index is -0.0752. The summed E-state index contributed by atoms with van der Waals surface area (Å²) < 4.78 is 10.9. The molecule has 0 bridgehead atoms. The second-order valence-electron chi connectivity index (χ2n) is 8.64. The molecule has 0 radical (unpaired) electrons. The molecule has 2 saturated heterocycles. The highest BCUT2D eigenvalue weighted by Crippen LogP contribution is 2.26. The Kier molecular flexibility index (Phi) is 5.95. The highest BCUT2D eigenvalue weighted by Gasteiger charge is 2.31. The van der Waals surface area contributed by atoms with Crippen molar-refractivity contribution < 1.29 is 14.1 Å². The summed E-state index contributed by atoms with van der Waals surface area (Å²) in [5.74, 6) is 1.81. The molecule has 2 fully saturated rings. The van der Waals surface area contributed by atoms with Crippen LogP contribution >= 0.6 is 0 Å². The van der Waals surface area contributed by atoms with Gasteiger partial charge in [0.1, 0.15) is 5.76 Å². The predicted octanol–water partition coefficient (Wildman–Crippen LogP) is 3.36. The SMILES string of the molecule is CC(C)(C)c1cc(CC(=O)[C@@H]2CCCCN2CC2CCOCC2)no1. The van der Waals surface area contributed by atoms with Crippen LogP contribution < -0.4 is 0 Å². The van der Waals surface area contributed by atoms with Crippen molar-refractivity contribution in [2.75, 3.05) is 26.3 Å². The van der Waals surface area contributed by atoms with Crippen molar-refractivity contribution in [1.82, 2.24) is 10.1 Å². The van der Waals surface area contributed by atoms with Gasteiger partial charge in [0.25, 0.3) is 0 Å². The average molecular weight is 348 g/mol. The number of rotatable bonds is 5. The van der Waals surface area contributed by atoms with E-state index in [2.05, 4.69) is 30.8 Å². The number of ether oxygens (including phenoxy) is 1. The third-order valence-corrected chi connectivity index (χ3v) is 5.47. The van der Waals surface area contributed by atoms with Crippen LogP contribution in [0.4, 0.5) is 0 Å². The Morgan fingerprint density at radius 1 is 1.24 bits per heavy atom. The van der Waals surface area contributed by atoms with Crippen molar-refractivity contribution in [3.63, 3.8) is 0 Å². The topological polar surface area (TPSA) is 55.6 Å². The van der Waals surface area contributed by atoms with Crippen molar-refractivity contribution in [2.45, 2.75) is 70.8 Å². The summed E-state index contributed by atoms with van der Waals surface area (Å²) in [6.45, 7) is 10.1. The molecule has 1 aromatic rings. The number of carbonyl (C=O) groups excluding carboxylic acids is 1. The maximum Gasteiger partial charge on any atom is 0.156 e. The van der Waals surface area contributed by atoms with Gasteiger partial charge < -0.3 is 9.26 Å². The van der Waals surface area contributed by atoms with Crippen LogP contribution in [0, 0.1) is 5.92 Å². The predicted molar refractivity (Wildman–Crippen MR) is 96.7 cm³/mol. The first-order chi connectivity index (χ1) is 11.9. The van der Waals surface area contributed by atoms with Crippen LogP contribution in [0.2, 0.25) is 0 Å². The van der Waals surface area contributed by atoms with Crippen LogP contribution in [0.3, 0.4) is 0 Å². The Balaban J connectivity index is 1.61. The monoisotopic (exact) mass is 348 g/mol. The van der Waals surface area contributed by atoms with Gasteiger partial charge >= 0.3 is 0 Å². The molecule has 2 aliphatic heterocycles. The van der Waals surface area contributed by atoms with E-state index >= 15 is 0 Å². The number of hydrogen-bond acceptors (Lipinski definition) is 5. The summed E-state index contributed by atoms with van der Waals surface area (Å²) in [6, 6.07) is 2.00. The fourth-order valence-electron chi connectivity index (χ4n) is 3.88. The Hall–Kier alpha value is -1.20. The molecule has 3 heterocycles. The normalized spacial score (nSPS) is 23.7. The summed E-state index contributed by atoms with van der Waals surface area (Å²) in [7, 11) is 0. The van der Waals surface area contributed by atoms with Gasteiger partial charge in [0.15, 0.2) is 5.78 Å². The van der Waals surface area contributed by atoms with Gasteiger partial charge in [-0.1, -0.05) is 32.3 Å². The molecule has 1 aromatic heterocycles. The van der Waals surface area contributed by atoms with Crippen LogP contribution in [0.25, 0.3) is 0 Å². The molecule has 0 aliphatic carbocycles. The minimum absolute atomic E-state index is 0.0476. The lowest BCUT2D eigenvalue weighted by molar-refractivity contribution is -0.125. The molecule has 0 saturated carbocycles. The average Bonchev–Trinajstić information content (AvgIpc) is 3.05. The number of nitrogens with zero attached hydrogens (tertiary/aromatic N) is 2. The second kappa shape index (κ2) is 8.00. The minimum Gasteiger partial charge on any atom is -0.381 e. The van der Waals surface area contributed by atoms with Crippen LogP contribution in [0.15, 0.2) is 10.6 Å². The molecule has 140 valence electrons. The Morgan fingerprint density at radius 3 is 2.68 bits per heavy atom. The van der Waals surface area contributed by atoms with Gasteiger partial charge in [-0.05, 0) is 38.1 Å². The molecule has 3 rings (SSSR count). The van der Waals surface area contributed by atoms with E-state index in [9.17, 15) is 4.79 Å². The number of likely N-dealkylation sites (tertiary alicyclic amines) is 1. The zero-order chi connectivity index (χ0) is 17.9. The molecular formula is C20H32N2O3. The van der Waals surface area contributed by atoms with E-state index < -0.39 is 0 Å². The van der Waals surface area contributed by atoms with E-state index in [-0.39, 0.29) is 11.5 Å². The van der Waals surface area contributed by atoms with Gasteiger partial charge in [0.05, 0.1) is 18.2 Å². The van der Waals surface area contributed by atoms with Gasteiger partial charge in [0.2, 0.25) is 0 Å². The van der Waals surface area contributed by atoms with Crippen molar-refractivity contribution >= 4 is 5.78 Å². The van der Waals surface area contributed by atoms with Crippen molar-refractivity contribution in [2.24, 2.45) is 5.92 Å². The van der Waals surface area contributed by atoms with Gasteiger partial charge in [-0.2, -0.15) is 0 Å². The van der Waals surface area contributed by atoms with Crippen LogP contribution in [0.5, 0.6) is 0 Å². The first-order valence-electron chi connectivity index (χ1n) is 9.74. The molecule has 0 amide bonds. The van der Waals surface area contributed by atoms with Crippen molar-refractivity contribution in [1.29, 1.82) is 0 Å². The van der Waals surface area contributed by atoms with Crippen LogP contribution in [-0.2, 0) is 21.4 Å². The molecular weight excluding hydrogens is 316 g/mol. The number of Topliss-reactive ketones (excluding diaryl/α,β-unsaturated/α-hetero) is 1. The van der Waals surface area contributed by atoms with Crippen molar-refractivity contribution in [3.05, 3.63) is 17.5 Å². The standard InChI is InChI=1S/C20H32N2O3/c1-20(2,3)19-13-16(21-25-19)12-18(23)17-6-4-5-9-22(17)14-15-7-10-24-11-8-15/h13,15,17H,4-12,14H2,1-3H3/t17-/m0/s1. The third-order valence-electron chi connectivity index (χ3n) is 5.47. The van der Waals surface area contributed by atoms with Gasteiger partial charge in [-0.15, -0.1) is 0 Å². The largest absolute Gasteiger partial charge is 0.381 e. The first-order valence-corrected chi connectivity index (χ1v) is 9.74. The van der Waals surface area contributed by atoms with Crippen LogP contribution in [0.1, 0.15) is 64.3 Å². The Morgan fingerprint density at radius 2 is 2.00 bits per heavy atom. The van der Waals surface area contributed by atoms with Crippen LogP contribution in [-0.4, -0.2) is 48.2 Å². The lowest BCUT2D eigenvalue weighted by atomic mass is 9.91. The summed E-state index contributed by atoms with van der Waals surface area (Å²) in [5, 5.41) is 4.13. The summed E-state index contributed by atoms with van der Waals surface area (Å²) in [6.07, 6.45) is 5.95. The van der Waals surface area contributed by atoms with E-state index in [1.54, 1.807) is 0 Å². The zero-order valence-corrected chi connectivity index (χ0v) is 15.9. The maximum absolute atomic E-state index is 12.9. The molecule has 5 heteroatoms. The second-order valence-corrected chi connectivity index (χ2v) is 8.64. The Bertz CT molecular complexity index is 570. The first kappa shape index (κ1) is 18.6. The quantitative estimate of drug-likeness (QED) is 0.816. The molecule has 25 heavy (non-hydrogen) atoms. The highest BCUT2D eigenvalue weighted by molar-refractivity contribution is 5.85. The third kappa shape index (κ3) is 4.91. The molecule has 1 atom stereocenters. The zero-order valence-electron chi connectivity index (χ0n) is 15.9. The van der Waals surface area contributed by atoms with Crippen molar-refractivity contribution in [3.8, 4) is 0 Å². The fraction of sp³-hybridized carbons (Fsp3) is 0.800. The van der Waals surface area contributed by atoms with Gasteiger partial charge in [-0.3, -0.25) is 9.69 Å². The lowest BCUT2D eigenvalue weighted by Crippen LogP contribution is -2.47. The van der Waals surface area contributed by atoms with E-state index in [1.165, 1.54) is 6.42 Å². The molecule has 2 aliphatic rings. The molecule has 0 aromatic carbocycles. The van der Waals surface area contributed by atoms with E-state index in [4.69, 9.17) is 9.26 Å². The van der Waals surface area contributed by atoms with E-state index in [1.807, 2.05) is 6.07 Å². The highest BCUT2D eigenvalue weighted by atomic mass is 16.5. The number of piperidine rings is 1. The van der Waals surface area contributed by atoms with Gasteiger partial charge in [-0.25, -0.2) is 0 Å². The summed E-state index contributed by atoms with van der Waals surface area (Å²) >= 11 is 0. The number of aromatic nitrogens is 1. The molecule has 0 N–H and O–H groups in total. The number of hydrogen-bond donors (Lipinski definition) is 0. The number of ketones is 1. The summed E-state index contributed by atoms with van der Waals surface area (Å²) in [5.41, 5.74) is 0.695. The molecule has 0 unspecified atom stereocenters. The number of carbonyl (C=O) groups is 1.